The van der Waals surface area contributed by atoms with Gasteiger partial charge in [-0.25, -0.2) is 4.98 Å². The van der Waals surface area contributed by atoms with Gasteiger partial charge in [-0.2, -0.15) is 11.8 Å². The Balaban J connectivity index is 1.87. The molecule has 6 heteroatoms. The Labute approximate surface area is 118 Å². The van der Waals surface area contributed by atoms with Crippen LogP contribution in [0.15, 0.2) is 0 Å². The third-order valence-corrected chi connectivity index (χ3v) is 4.61. The molecule has 5 nitrogen and oxygen atoms in total. The second kappa shape index (κ2) is 6.41. The molecule has 1 aromatic heterocycles. The van der Waals surface area contributed by atoms with E-state index >= 15 is 0 Å². The minimum absolute atomic E-state index is 0.157. The summed E-state index contributed by atoms with van der Waals surface area (Å²) in [4.78, 5) is 16.3. The van der Waals surface area contributed by atoms with Gasteiger partial charge in [0.1, 0.15) is 5.82 Å². The van der Waals surface area contributed by atoms with Crippen molar-refractivity contribution in [1.82, 2.24) is 20.5 Å². The van der Waals surface area contributed by atoms with Gasteiger partial charge < -0.3 is 5.32 Å². The lowest BCUT2D eigenvalue weighted by Gasteiger charge is -2.11. The standard InChI is InChI=1S/C13H22N4OS/c1-4-19-10-6-5-9(7-10)14-13(18)12-15-11(8(2)3)16-17-12/h8-10H,4-7H2,1-3H3,(H,14,18)(H,15,16,17). The molecule has 2 unspecified atom stereocenters. The average Bonchev–Trinajstić information content (AvgIpc) is 2.98. The van der Waals surface area contributed by atoms with E-state index in [0.29, 0.717) is 5.25 Å². The maximum absolute atomic E-state index is 12.0. The van der Waals surface area contributed by atoms with E-state index in [1.165, 1.54) is 6.42 Å². The van der Waals surface area contributed by atoms with Crippen molar-refractivity contribution in [1.29, 1.82) is 0 Å². The zero-order chi connectivity index (χ0) is 13.8. The van der Waals surface area contributed by atoms with E-state index in [9.17, 15) is 4.79 Å². The Morgan fingerprint density at radius 2 is 2.32 bits per heavy atom. The lowest BCUT2D eigenvalue weighted by Crippen LogP contribution is -2.33. The third-order valence-electron chi connectivity index (χ3n) is 3.37. The Hall–Kier alpha value is -1.04. The summed E-state index contributed by atoms with van der Waals surface area (Å²) in [5.41, 5.74) is 0. The van der Waals surface area contributed by atoms with Gasteiger partial charge in [0.25, 0.3) is 5.91 Å². The molecule has 106 valence electrons. The van der Waals surface area contributed by atoms with E-state index in [1.807, 2.05) is 25.6 Å². The molecule has 0 spiro atoms. The van der Waals surface area contributed by atoms with Crippen LogP contribution in [-0.2, 0) is 0 Å². The molecular weight excluding hydrogens is 260 g/mol. The van der Waals surface area contributed by atoms with Crippen molar-refractivity contribution in [3.8, 4) is 0 Å². The predicted octanol–water partition coefficient (Wildman–Crippen LogP) is 2.33. The van der Waals surface area contributed by atoms with Gasteiger partial charge in [0.05, 0.1) is 0 Å². The summed E-state index contributed by atoms with van der Waals surface area (Å²) >= 11 is 1.98. The summed E-state index contributed by atoms with van der Waals surface area (Å²) in [5, 5.41) is 10.5. The highest BCUT2D eigenvalue weighted by molar-refractivity contribution is 7.99. The zero-order valence-corrected chi connectivity index (χ0v) is 12.6. The van der Waals surface area contributed by atoms with E-state index in [0.717, 1.165) is 24.4 Å². The molecule has 1 fully saturated rings. The molecule has 0 bridgehead atoms. The number of aromatic nitrogens is 3. The number of hydrogen-bond donors (Lipinski definition) is 2. The Kier molecular flexibility index (Phi) is 4.85. The molecule has 1 aliphatic rings. The van der Waals surface area contributed by atoms with Gasteiger partial charge in [-0.3, -0.25) is 9.89 Å². The summed E-state index contributed by atoms with van der Waals surface area (Å²) < 4.78 is 0. The largest absolute Gasteiger partial charge is 0.346 e. The number of carbonyl (C=O) groups is 1. The Bertz CT molecular complexity index is 432. The van der Waals surface area contributed by atoms with Gasteiger partial charge in [0.2, 0.25) is 5.82 Å². The molecule has 1 amide bonds. The number of rotatable bonds is 5. The van der Waals surface area contributed by atoms with Crippen molar-refractivity contribution in [2.45, 2.75) is 57.2 Å². The zero-order valence-electron chi connectivity index (χ0n) is 11.8. The number of nitrogens with one attached hydrogen (secondary N) is 2. The topological polar surface area (TPSA) is 70.7 Å². The van der Waals surface area contributed by atoms with E-state index < -0.39 is 0 Å². The van der Waals surface area contributed by atoms with Crippen LogP contribution < -0.4 is 5.32 Å². The highest BCUT2D eigenvalue weighted by Crippen LogP contribution is 2.29. The minimum atomic E-state index is -0.157. The minimum Gasteiger partial charge on any atom is -0.346 e. The van der Waals surface area contributed by atoms with E-state index in [2.05, 4.69) is 27.4 Å². The number of amides is 1. The molecule has 2 N–H and O–H groups in total. The molecule has 1 heterocycles. The van der Waals surface area contributed by atoms with E-state index in [1.54, 1.807) is 0 Å². The average molecular weight is 282 g/mol. The van der Waals surface area contributed by atoms with Gasteiger partial charge in [-0.15, -0.1) is 5.10 Å². The van der Waals surface area contributed by atoms with Crippen LogP contribution in [0.4, 0.5) is 0 Å². The normalized spacial score (nSPS) is 22.9. The SMILES string of the molecule is CCSC1CCC(NC(=O)c2n[nH]c(C(C)C)n2)C1. The smallest absolute Gasteiger partial charge is 0.291 e. The molecule has 19 heavy (non-hydrogen) atoms. The molecule has 1 aliphatic carbocycles. The van der Waals surface area contributed by atoms with Crippen molar-refractivity contribution < 1.29 is 4.79 Å². The predicted molar refractivity (Wildman–Crippen MR) is 77.5 cm³/mol. The summed E-state index contributed by atoms with van der Waals surface area (Å²) in [7, 11) is 0. The number of hydrogen-bond acceptors (Lipinski definition) is 4. The molecule has 2 atom stereocenters. The van der Waals surface area contributed by atoms with Crippen molar-refractivity contribution >= 4 is 17.7 Å². The maximum atomic E-state index is 12.0. The van der Waals surface area contributed by atoms with Crippen LogP contribution in [0.3, 0.4) is 0 Å². The van der Waals surface area contributed by atoms with Crippen LogP contribution in [0.5, 0.6) is 0 Å². The van der Waals surface area contributed by atoms with E-state index in [-0.39, 0.29) is 23.7 Å². The fourth-order valence-corrected chi connectivity index (χ4v) is 3.48. The van der Waals surface area contributed by atoms with Crippen molar-refractivity contribution in [2.75, 3.05) is 5.75 Å². The lowest BCUT2D eigenvalue weighted by atomic mass is 10.2. The quantitative estimate of drug-likeness (QED) is 0.869. The summed E-state index contributed by atoms with van der Waals surface area (Å²) in [6.07, 6.45) is 3.31. The second-order valence-electron chi connectivity index (χ2n) is 5.26. The van der Waals surface area contributed by atoms with Crippen molar-refractivity contribution in [3.63, 3.8) is 0 Å². The first-order valence-electron chi connectivity index (χ1n) is 6.95. The molecule has 0 aliphatic heterocycles. The summed E-state index contributed by atoms with van der Waals surface area (Å²) in [6, 6.07) is 0.276. The van der Waals surface area contributed by atoms with Crippen LogP contribution in [0.1, 0.15) is 62.4 Å². The van der Waals surface area contributed by atoms with Gasteiger partial charge in [-0.1, -0.05) is 20.8 Å². The molecule has 0 radical (unpaired) electrons. The van der Waals surface area contributed by atoms with Crippen molar-refractivity contribution in [2.24, 2.45) is 0 Å². The van der Waals surface area contributed by atoms with Gasteiger partial charge in [-0.05, 0) is 25.0 Å². The Morgan fingerprint density at radius 3 is 2.95 bits per heavy atom. The molecule has 0 aromatic carbocycles. The third kappa shape index (κ3) is 3.72. The Morgan fingerprint density at radius 1 is 1.53 bits per heavy atom. The fourth-order valence-electron chi connectivity index (χ4n) is 2.34. The number of thioether (sulfide) groups is 1. The number of nitrogens with zero attached hydrogens (tertiary/aromatic N) is 2. The summed E-state index contributed by atoms with van der Waals surface area (Å²) in [6.45, 7) is 6.22. The molecule has 2 rings (SSSR count). The monoisotopic (exact) mass is 282 g/mol. The van der Waals surface area contributed by atoms with Crippen LogP contribution in [0, 0.1) is 0 Å². The number of H-pyrrole nitrogens is 1. The highest BCUT2D eigenvalue weighted by atomic mass is 32.2. The summed E-state index contributed by atoms with van der Waals surface area (Å²) in [5.74, 6) is 2.26. The first-order chi connectivity index (χ1) is 9.10. The van der Waals surface area contributed by atoms with Gasteiger partial charge in [0, 0.05) is 17.2 Å². The lowest BCUT2D eigenvalue weighted by molar-refractivity contribution is 0.0928. The molecule has 0 saturated heterocycles. The fraction of sp³-hybridized carbons (Fsp3) is 0.769. The maximum Gasteiger partial charge on any atom is 0.291 e. The molecule has 1 aromatic rings. The highest BCUT2D eigenvalue weighted by Gasteiger charge is 2.27. The van der Waals surface area contributed by atoms with E-state index in [4.69, 9.17) is 0 Å². The van der Waals surface area contributed by atoms with Crippen LogP contribution in [0.2, 0.25) is 0 Å². The first-order valence-corrected chi connectivity index (χ1v) is 7.99. The molecular formula is C13H22N4OS. The number of carbonyl (C=O) groups excluding carboxylic acids is 1. The van der Waals surface area contributed by atoms with Gasteiger partial charge in [0.15, 0.2) is 0 Å². The first kappa shape index (κ1) is 14.4. The second-order valence-corrected chi connectivity index (χ2v) is 6.84. The van der Waals surface area contributed by atoms with Crippen molar-refractivity contribution in [3.05, 3.63) is 11.6 Å². The van der Waals surface area contributed by atoms with Crippen LogP contribution in [-0.4, -0.2) is 38.1 Å². The number of aromatic amines is 1. The van der Waals surface area contributed by atoms with Crippen LogP contribution in [0.25, 0.3) is 0 Å². The van der Waals surface area contributed by atoms with Crippen LogP contribution >= 0.6 is 11.8 Å². The molecule has 1 saturated carbocycles. The van der Waals surface area contributed by atoms with Gasteiger partial charge >= 0.3 is 0 Å².